The predicted molar refractivity (Wildman–Crippen MR) is 112 cm³/mol. The molecular weight excluding hydrogens is 390 g/mol. The van der Waals surface area contributed by atoms with Gasteiger partial charge in [0.2, 0.25) is 0 Å². The van der Waals surface area contributed by atoms with E-state index in [0.29, 0.717) is 23.2 Å². The van der Waals surface area contributed by atoms with E-state index in [0.717, 1.165) is 12.8 Å². The molecular formula is C23H38ClNO4. The van der Waals surface area contributed by atoms with Gasteiger partial charge in [-0.2, -0.15) is 0 Å². The average Bonchev–Trinajstić information content (AvgIpc) is 2.66. The van der Waals surface area contributed by atoms with E-state index >= 15 is 0 Å². The van der Waals surface area contributed by atoms with E-state index in [2.05, 4.69) is 6.92 Å². The molecule has 0 heterocycles. The van der Waals surface area contributed by atoms with Crippen LogP contribution in [0.1, 0.15) is 68.6 Å². The molecule has 1 rings (SSSR count). The quantitative estimate of drug-likeness (QED) is 0.242. The first-order valence-electron chi connectivity index (χ1n) is 10.6. The second-order valence-corrected chi connectivity index (χ2v) is 8.01. The van der Waals surface area contributed by atoms with E-state index in [1.54, 1.807) is 24.3 Å². The average molecular weight is 428 g/mol. The number of benzene rings is 1. The molecule has 29 heavy (non-hydrogen) atoms. The molecule has 0 spiro atoms. The van der Waals surface area contributed by atoms with Gasteiger partial charge in [-0.3, -0.25) is 0 Å². The van der Waals surface area contributed by atoms with Gasteiger partial charge in [0.05, 0.1) is 26.3 Å². The fourth-order valence-corrected chi connectivity index (χ4v) is 2.94. The highest BCUT2D eigenvalue weighted by atomic mass is 35.5. The van der Waals surface area contributed by atoms with Gasteiger partial charge in [0, 0.05) is 0 Å². The maximum absolute atomic E-state index is 12.0. The van der Waals surface area contributed by atoms with E-state index in [-0.39, 0.29) is 37.5 Å². The van der Waals surface area contributed by atoms with Crippen LogP contribution in [0.4, 0.5) is 0 Å². The molecule has 0 aromatic heterocycles. The minimum absolute atomic E-state index is 0. The number of halogens is 1. The third-order valence-electron chi connectivity index (χ3n) is 4.76. The summed E-state index contributed by atoms with van der Waals surface area (Å²) in [6.07, 6.45) is 9.80. The largest absolute Gasteiger partial charge is 1.00 e. The second-order valence-electron chi connectivity index (χ2n) is 8.01. The van der Waals surface area contributed by atoms with Crippen LogP contribution in [-0.2, 0) is 14.3 Å². The van der Waals surface area contributed by atoms with E-state index < -0.39 is 0 Å². The van der Waals surface area contributed by atoms with Crippen molar-refractivity contribution in [3.05, 3.63) is 35.9 Å². The Kier molecular flexibility index (Phi) is 15.3. The first kappa shape index (κ1) is 27.4. The molecule has 1 aromatic carbocycles. The van der Waals surface area contributed by atoms with Crippen LogP contribution in [0.15, 0.2) is 30.3 Å². The highest BCUT2D eigenvalue weighted by Crippen LogP contribution is 2.08. The molecule has 0 unspecified atom stereocenters. The zero-order valence-corrected chi connectivity index (χ0v) is 19.1. The molecule has 0 radical (unpaired) electrons. The number of carbonyl (C=O) groups is 2. The van der Waals surface area contributed by atoms with Crippen molar-refractivity contribution in [3.8, 4) is 0 Å². The lowest BCUT2D eigenvalue weighted by molar-refractivity contribution is -0.883. The van der Waals surface area contributed by atoms with Crippen molar-refractivity contribution in [1.29, 1.82) is 0 Å². The Labute approximate surface area is 182 Å². The molecule has 0 atom stereocenters. The molecule has 0 saturated carbocycles. The number of quaternary nitrogens is 1. The lowest BCUT2D eigenvalue weighted by Crippen LogP contribution is -3.00. The second kappa shape index (κ2) is 16.2. The summed E-state index contributed by atoms with van der Waals surface area (Å²) in [5.41, 5.74) is 0.539. The number of rotatable bonds is 15. The van der Waals surface area contributed by atoms with Crippen molar-refractivity contribution < 1.29 is 36.0 Å². The summed E-state index contributed by atoms with van der Waals surface area (Å²) >= 11 is 0. The monoisotopic (exact) mass is 427 g/mol. The molecule has 0 N–H and O–H groups in total. The Morgan fingerprint density at radius 3 is 2.03 bits per heavy atom. The zero-order valence-electron chi connectivity index (χ0n) is 18.3. The van der Waals surface area contributed by atoms with Gasteiger partial charge in [0.25, 0.3) is 0 Å². The van der Waals surface area contributed by atoms with Gasteiger partial charge in [-0.25, -0.2) is 9.59 Å². The van der Waals surface area contributed by atoms with Crippen LogP contribution in [-0.4, -0.2) is 56.8 Å². The highest BCUT2D eigenvalue weighted by molar-refractivity contribution is 5.89. The number of likely N-dealkylation sites (N-methyl/N-ethyl adjacent to an activating group) is 1. The van der Waals surface area contributed by atoms with E-state index in [1.807, 2.05) is 20.2 Å². The molecule has 0 aliphatic heterocycles. The van der Waals surface area contributed by atoms with Crippen LogP contribution in [0.25, 0.3) is 0 Å². The van der Waals surface area contributed by atoms with Gasteiger partial charge in [-0.05, 0) is 18.6 Å². The van der Waals surface area contributed by atoms with Crippen LogP contribution in [0.5, 0.6) is 0 Å². The molecule has 5 nitrogen and oxygen atoms in total. The number of hydrogen-bond donors (Lipinski definition) is 0. The van der Waals surface area contributed by atoms with Gasteiger partial charge in [0.1, 0.15) is 13.2 Å². The summed E-state index contributed by atoms with van der Waals surface area (Å²) in [7, 11) is 3.88. The molecule has 1 aromatic rings. The number of nitrogens with zero attached hydrogens (tertiary/aromatic N) is 1. The Morgan fingerprint density at radius 1 is 0.828 bits per heavy atom. The van der Waals surface area contributed by atoms with Crippen molar-refractivity contribution >= 4 is 11.9 Å². The number of carbonyl (C=O) groups excluding carboxylic acids is 2. The van der Waals surface area contributed by atoms with Crippen molar-refractivity contribution in [2.24, 2.45) is 0 Å². The lowest BCUT2D eigenvalue weighted by Gasteiger charge is -2.28. The minimum Gasteiger partial charge on any atom is -1.00 e. The van der Waals surface area contributed by atoms with Crippen molar-refractivity contribution in [1.82, 2.24) is 0 Å². The number of ether oxygens (including phenoxy) is 2. The molecule has 0 aliphatic carbocycles. The molecule has 6 heteroatoms. The van der Waals surface area contributed by atoms with Crippen molar-refractivity contribution in [2.45, 2.75) is 58.3 Å². The van der Waals surface area contributed by atoms with Crippen molar-refractivity contribution in [2.75, 3.05) is 40.4 Å². The summed E-state index contributed by atoms with van der Waals surface area (Å²) in [5.74, 6) is -0.528. The standard InChI is InChI=1S/C23H38NO4.ClH/c1-4-5-6-7-8-9-10-14-18-27-22(25)20-24(2,3)17-19-28-23(26)21-15-12-11-13-16-21;/h11-13,15-16H,4-10,14,17-20H2,1-3H3;1H/q+1;/p-1. The smallest absolute Gasteiger partial charge is 0.361 e. The molecule has 0 bridgehead atoms. The highest BCUT2D eigenvalue weighted by Gasteiger charge is 2.21. The molecule has 0 aliphatic rings. The first-order chi connectivity index (χ1) is 13.4. The first-order valence-corrected chi connectivity index (χ1v) is 10.6. The topological polar surface area (TPSA) is 52.6 Å². The number of hydrogen-bond acceptors (Lipinski definition) is 4. The van der Waals surface area contributed by atoms with Crippen LogP contribution < -0.4 is 12.4 Å². The molecule has 0 amide bonds. The van der Waals surface area contributed by atoms with Crippen LogP contribution >= 0.6 is 0 Å². The van der Waals surface area contributed by atoms with Gasteiger partial charge in [-0.15, -0.1) is 0 Å². The summed E-state index contributed by atoms with van der Waals surface area (Å²) in [6, 6.07) is 8.92. The van der Waals surface area contributed by atoms with Gasteiger partial charge in [0.15, 0.2) is 6.54 Å². The van der Waals surface area contributed by atoms with Crippen LogP contribution in [0.2, 0.25) is 0 Å². The van der Waals surface area contributed by atoms with E-state index in [4.69, 9.17) is 9.47 Å². The SMILES string of the molecule is CCCCCCCCCCOC(=O)C[N+](C)(C)CCOC(=O)c1ccccc1.[Cl-]. The summed E-state index contributed by atoms with van der Waals surface area (Å²) in [5, 5.41) is 0. The Hall–Kier alpha value is -1.59. The van der Waals surface area contributed by atoms with Crippen LogP contribution in [0.3, 0.4) is 0 Å². The fraction of sp³-hybridized carbons (Fsp3) is 0.652. The van der Waals surface area contributed by atoms with E-state index in [1.165, 1.54) is 38.5 Å². The third-order valence-corrected chi connectivity index (χ3v) is 4.76. The summed E-state index contributed by atoms with van der Waals surface area (Å²) < 4.78 is 11.1. The number of esters is 2. The Balaban J connectivity index is 0.00000784. The Bertz CT molecular complexity index is 563. The minimum atomic E-state index is -0.335. The third kappa shape index (κ3) is 14.1. The summed E-state index contributed by atoms with van der Waals surface area (Å²) in [4.78, 5) is 24.0. The lowest BCUT2D eigenvalue weighted by atomic mass is 10.1. The Morgan fingerprint density at radius 2 is 1.41 bits per heavy atom. The van der Waals surface area contributed by atoms with E-state index in [9.17, 15) is 9.59 Å². The van der Waals surface area contributed by atoms with Gasteiger partial charge < -0.3 is 26.4 Å². The number of unbranched alkanes of at least 4 members (excludes halogenated alkanes) is 7. The fourth-order valence-electron chi connectivity index (χ4n) is 2.94. The van der Waals surface area contributed by atoms with Gasteiger partial charge >= 0.3 is 11.9 Å². The zero-order chi connectivity index (χ0) is 20.7. The molecule has 0 saturated heterocycles. The summed E-state index contributed by atoms with van der Waals surface area (Å²) in [6.45, 7) is 3.83. The van der Waals surface area contributed by atoms with Gasteiger partial charge in [-0.1, -0.05) is 70.1 Å². The molecule has 0 fully saturated rings. The van der Waals surface area contributed by atoms with Crippen molar-refractivity contribution in [3.63, 3.8) is 0 Å². The predicted octanol–water partition coefficient (Wildman–Crippen LogP) is 1.61. The maximum atomic E-state index is 12.0. The molecule has 166 valence electrons. The van der Waals surface area contributed by atoms with Crippen LogP contribution in [0, 0.1) is 0 Å². The maximum Gasteiger partial charge on any atom is 0.361 e. The normalized spacial score (nSPS) is 10.9.